The van der Waals surface area contributed by atoms with Gasteiger partial charge in [0.1, 0.15) is 18.5 Å². The monoisotopic (exact) mass is 413 g/mol. The first-order valence-electron chi connectivity index (χ1n) is 9.06. The number of anilines is 1. The Labute approximate surface area is 170 Å². The number of fused-ring (bicyclic) bond motifs is 1. The van der Waals surface area contributed by atoms with Crippen molar-refractivity contribution in [1.29, 1.82) is 0 Å². The van der Waals surface area contributed by atoms with Gasteiger partial charge in [-0.25, -0.2) is 13.8 Å². The first kappa shape index (κ1) is 19.5. The van der Waals surface area contributed by atoms with Crippen molar-refractivity contribution in [3.05, 3.63) is 71.7 Å². The zero-order chi connectivity index (χ0) is 21.3. The molecule has 0 saturated heterocycles. The number of ether oxygens (including phenoxy) is 1. The molecule has 0 spiro atoms. The van der Waals surface area contributed by atoms with E-state index in [0.717, 1.165) is 10.9 Å². The summed E-state index contributed by atoms with van der Waals surface area (Å²) in [5.41, 5.74) is -0.201. The van der Waals surface area contributed by atoms with Gasteiger partial charge in [-0.3, -0.25) is 19.2 Å². The van der Waals surface area contributed by atoms with Crippen molar-refractivity contribution in [3.8, 4) is 5.75 Å². The molecule has 0 fully saturated rings. The molecule has 1 aliphatic heterocycles. The van der Waals surface area contributed by atoms with Gasteiger partial charge in [0.05, 0.1) is 12.7 Å². The molecule has 0 radical (unpaired) electrons. The number of hydrogen-bond acceptors (Lipinski definition) is 5. The Kier molecular flexibility index (Phi) is 5.13. The van der Waals surface area contributed by atoms with Crippen LogP contribution in [0, 0.1) is 11.6 Å². The van der Waals surface area contributed by atoms with Gasteiger partial charge in [-0.05, 0) is 18.2 Å². The summed E-state index contributed by atoms with van der Waals surface area (Å²) in [5.74, 6) is -1.98. The molecule has 1 aromatic carbocycles. The second-order valence-electron chi connectivity index (χ2n) is 6.67. The van der Waals surface area contributed by atoms with Crippen molar-refractivity contribution in [2.45, 2.75) is 12.6 Å². The predicted octanol–water partition coefficient (Wildman–Crippen LogP) is 1.76. The Morgan fingerprint density at radius 1 is 1.23 bits per heavy atom. The molecule has 8 nitrogen and oxygen atoms in total. The van der Waals surface area contributed by atoms with Crippen LogP contribution in [0.25, 0.3) is 0 Å². The number of amides is 2. The van der Waals surface area contributed by atoms with Crippen LogP contribution >= 0.6 is 0 Å². The zero-order valence-electron chi connectivity index (χ0n) is 15.9. The normalized spacial score (nSPS) is 15.9. The van der Waals surface area contributed by atoms with Gasteiger partial charge in [0.25, 0.3) is 11.8 Å². The second kappa shape index (κ2) is 7.90. The number of pyridine rings is 1. The van der Waals surface area contributed by atoms with E-state index in [1.807, 2.05) is 0 Å². The highest BCUT2D eigenvalue weighted by Crippen LogP contribution is 2.27. The van der Waals surface area contributed by atoms with Gasteiger partial charge < -0.3 is 10.1 Å². The molecule has 3 heterocycles. The number of nitrogens with one attached hydrogen (secondary N) is 1. The summed E-state index contributed by atoms with van der Waals surface area (Å²) in [7, 11) is 1.51. The van der Waals surface area contributed by atoms with E-state index >= 15 is 0 Å². The fourth-order valence-corrected chi connectivity index (χ4v) is 3.09. The Bertz CT molecular complexity index is 1120. The third kappa shape index (κ3) is 3.71. The third-order valence-corrected chi connectivity index (χ3v) is 4.63. The van der Waals surface area contributed by atoms with Crippen molar-refractivity contribution < 1.29 is 23.1 Å². The fraction of sp³-hybridized carbons (Fsp3) is 0.200. The van der Waals surface area contributed by atoms with Crippen LogP contribution < -0.4 is 15.0 Å². The predicted molar refractivity (Wildman–Crippen MR) is 102 cm³/mol. The lowest BCUT2D eigenvalue weighted by atomic mass is 10.2. The number of carbonyl (C=O) groups is 2. The van der Waals surface area contributed by atoms with Gasteiger partial charge >= 0.3 is 0 Å². The zero-order valence-corrected chi connectivity index (χ0v) is 15.9. The second-order valence-corrected chi connectivity index (χ2v) is 6.67. The maximum Gasteiger partial charge on any atom is 0.275 e. The Morgan fingerprint density at radius 3 is 2.83 bits per heavy atom. The summed E-state index contributed by atoms with van der Waals surface area (Å²) < 4.78 is 34.8. The first-order valence-corrected chi connectivity index (χ1v) is 9.06. The summed E-state index contributed by atoms with van der Waals surface area (Å²) in [6.45, 7) is -0.197. The Hall–Kier alpha value is -3.82. The van der Waals surface area contributed by atoms with Crippen LogP contribution in [-0.2, 0) is 11.3 Å². The quantitative estimate of drug-likeness (QED) is 0.704. The number of halogens is 2. The fourth-order valence-electron chi connectivity index (χ4n) is 3.09. The van der Waals surface area contributed by atoms with Crippen molar-refractivity contribution in [2.75, 3.05) is 18.6 Å². The maximum absolute atomic E-state index is 14.3. The molecule has 1 N–H and O–H groups in total. The molecule has 2 amide bonds. The number of hydrogen-bond donors (Lipinski definition) is 1. The molecule has 154 valence electrons. The summed E-state index contributed by atoms with van der Waals surface area (Å²) >= 11 is 0. The van der Waals surface area contributed by atoms with E-state index < -0.39 is 35.2 Å². The van der Waals surface area contributed by atoms with Gasteiger partial charge in [-0.15, -0.1) is 0 Å². The van der Waals surface area contributed by atoms with Gasteiger partial charge in [0.2, 0.25) is 0 Å². The summed E-state index contributed by atoms with van der Waals surface area (Å²) in [6, 6.07) is 8.26. The lowest BCUT2D eigenvalue weighted by Gasteiger charge is -2.19. The molecule has 0 unspecified atom stereocenters. The summed E-state index contributed by atoms with van der Waals surface area (Å²) in [4.78, 5) is 30.6. The maximum atomic E-state index is 14.3. The third-order valence-electron chi connectivity index (χ3n) is 4.63. The Morgan fingerprint density at radius 2 is 2.03 bits per heavy atom. The van der Waals surface area contributed by atoms with E-state index in [1.165, 1.54) is 36.3 Å². The summed E-state index contributed by atoms with van der Waals surface area (Å²) in [6.07, 6.45) is 2.52. The first-order chi connectivity index (χ1) is 14.4. The number of aromatic nitrogens is 3. The molecule has 30 heavy (non-hydrogen) atoms. The van der Waals surface area contributed by atoms with Crippen LogP contribution in [-0.4, -0.2) is 46.3 Å². The van der Waals surface area contributed by atoms with Crippen molar-refractivity contribution in [3.63, 3.8) is 0 Å². The average Bonchev–Trinajstić information content (AvgIpc) is 3.06. The minimum Gasteiger partial charge on any atom is -0.487 e. The molecule has 4 rings (SSSR count). The minimum absolute atomic E-state index is 0.0495. The summed E-state index contributed by atoms with van der Waals surface area (Å²) in [5, 5.41) is 6.35. The molecule has 0 saturated carbocycles. The van der Waals surface area contributed by atoms with Crippen molar-refractivity contribution in [1.82, 2.24) is 20.1 Å². The molecule has 0 aliphatic carbocycles. The van der Waals surface area contributed by atoms with Gasteiger partial charge in [-0.2, -0.15) is 5.10 Å². The van der Waals surface area contributed by atoms with E-state index in [1.54, 1.807) is 18.2 Å². The standard InChI is InChI=1S/C20H17F2N5O3/c1-26-18-16(7-4-8-23-18)30-11-15(20(26)29)24-19(28)17-14(22)10-27(25-17)9-12-5-2-3-6-13(12)21/h2-8,10,15H,9,11H2,1H3,(H,24,28)/t15-/m0/s1. The molecule has 0 bridgehead atoms. The van der Waals surface area contributed by atoms with E-state index in [4.69, 9.17) is 4.74 Å². The van der Waals surface area contributed by atoms with Crippen LogP contribution in [0.4, 0.5) is 14.6 Å². The van der Waals surface area contributed by atoms with E-state index in [9.17, 15) is 18.4 Å². The van der Waals surface area contributed by atoms with Gasteiger partial charge in [0.15, 0.2) is 23.1 Å². The molecular formula is C20H17F2N5O3. The van der Waals surface area contributed by atoms with Crippen LogP contribution in [0.1, 0.15) is 16.1 Å². The Balaban J connectivity index is 1.50. The lowest BCUT2D eigenvalue weighted by molar-refractivity contribution is -0.120. The molecular weight excluding hydrogens is 396 g/mol. The topological polar surface area (TPSA) is 89.4 Å². The molecule has 3 aromatic rings. The SMILES string of the molecule is CN1C(=O)[C@@H](NC(=O)c2nn(Cc3ccccc3F)cc2F)COc2cccnc21. The van der Waals surface area contributed by atoms with Crippen molar-refractivity contribution >= 4 is 17.6 Å². The van der Waals surface area contributed by atoms with E-state index in [2.05, 4.69) is 15.4 Å². The lowest BCUT2D eigenvalue weighted by Crippen LogP contribution is -2.49. The van der Waals surface area contributed by atoms with Crippen molar-refractivity contribution in [2.24, 2.45) is 0 Å². The molecule has 1 atom stereocenters. The average molecular weight is 413 g/mol. The number of nitrogens with zero attached hydrogens (tertiary/aromatic N) is 4. The van der Waals surface area contributed by atoms with Gasteiger partial charge in [0, 0.05) is 18.8 Å². The number of carbonyl (C=O) groups excluding carboxylic acids is 2. The number of benzene rings is 1. The van der Waals surface area contributed by atoms with Gasteiger partial charge in [-0.1, -0.05) is 18.2 Å². The smallest absolute Gasteiger partial charge is 0.275 e. The molecule has 1 aliphatic rings. The van der Waals surface area contributed by atoms with Crippen LogP contribution in [0.5, 0.6) is 5.75 Å². The van der Waals surface area contributed by atoms with E-state index in [0.29, 0.717) is 17.1 Å². The van der Waals surface area contributed by atoms with Crippen LogP contribution in [0.3, 0.4) is 0 Å². The number of likely N-dealkylation sites (N-methyl/N-ethyl adjacent to an activating group) is 1. The largest absolute Gasteiger partial charge is 0.487 e. The van der Waals surface area contributed by atoms with Crippen LogP contribution in [0.15, 0.2) is 48.8 Å². The highest BCUT2D eigenvalue weighted by molar-refractivity contribution is 6.02. The minimum atomic E-state index is -1.06. The highest BCUT2D eigenvalue weighted by atomic mass is 19.1. The number of rotatable bonds is 4. The molecule has 2 aromatic heterocycles. The van der Waals surface area contributed by atoms with E-state index in [-0.39, 0.29) is 13.2 Å². The highest BCUT2D eigenvalue weighted by Gasteiger charge is 2.32. The van der Waals surface area contributed by atoms with Crippen LogP contribution in [0.2, 0.25) is 0 Å². The molecule has 10 heteroatoms.